The maximum absolute atomic E-state index is 13.2. The van der Waals surface area contributed by atoms with E-state index in [4.69, 9.17) is 0 Å². The second-order valence-electron chi connectivity index (χ2n) is 4.51. The van der Waals surface area contributed by atoms with Crippen molar-refractivity contribution in [1.29, 1.82) is 0 Å². The summed E-state index contributed by atoms with van der Waals surface area (Å²) in [5, 5.41) is 6.34. The maximum Gasteiger partial charge on any atom is 0.127 e. The van der Waals surface area contributed by atoms with Gasteiger partial charge < -0.3 is 10.6 Å². The standard InChI is InChI=1S/C13H20F2N2/c1-10(2)8-16-5-6-17-9-11-7-12(14)3-4-13(11)15/h3-4,7,10,16-17H,5-6,8-9H2,1-2H3. The van der Waals surface area contributed by atoms with Crippen molar-refractivity contribution < 1.29 is 8.78 Å². The van der Waals surface area contributed by atoms with Gasteiger partial charge in [-0.1, -0.05) is 13.8 Å². The average Bonchev–Trinajstić information content (AvgIpc) is 2.27. The second kappa shape index (κ2) is 7.35. The Hall–Kier alpha value is -1.00. The van der Waals surface area contributed by atoms with Gasteiger partial charge in [0.2, 0.25) is 0 Å². The molecule has 1 aromatic carbocycles. The van der Waals surface area contributed by atoms with Gasteiger partial charge in [0.15, 0.2) is 0 Å². The molecule has 1 rings (SSSR count). The molecule has 0 radical (unpaired) electrons. The van der Waals surface area contributed by atoms with Crippen LogP contribution in [-0.4, -0.2) is 19.6 Å². The summed E-state index contributed by atoms with van der Waals surface area (Å²) in [5.41, 5.74) is 0.369. The SMILES string of the molecule is CC(C)CNCCNCc1cc(F)ccc1F. The van der Waals surface area contributed by atoms with Crippen molar-refractivity contribution in [3.8, 4) is 0 Å². The Morgan fingerprint density at radius 2 is 1.82 bits per heavy atom. The van der Waals surface area contributed by atoms with Gasteiger partial charge in [-0.2, -0.15) is 0 Å². The smallest absolute Gasteiger partial charge is 0.127 e. The molecule has 2 nitrogen and oxygen atoms in total. The molecule has 96 valence electrons. The van der Waals surface area contributed by atoms with Crippen LogP contribution in [0.2, 0.25) is 0 Å². The molecular formula is C13H20F2N2. The van der Waals surface area contributed by atoms with Crippen LogP contribution in [0, 0.1) is 17.6 Å². The quantitative estimate of drug-likeness (QED) is 0.717. The molecule has 0 atom stereocenters. The fourth-order valence-corrected chi connectivity index (χ4v) is 1.47. The summed E-state index contributed by atoms with van der Waals surface area (Å²) in [6.07, 6.45) is 0. The van der Waals surface area contributed by atoms with E-state index in [1.165, 1.54) is 6.07 Å². The molecule has 0 amide bonds. The highest BCUT2D eigenvalue weighted by molar-refractivity contribution is 5.18. The van der Waals surface area contributed by atoms with Crippen LogP contribution in [0.4, 0.5) is 8.78 Å². The first-order valence-electron chi connectivity index (χ1n) is 5.95. The zero-order chi connectivity index (χ0) is 12.7. The van der Waals surface area contributed by atoms with E-state index in [-0.39, 0.29) is 5.82 Å². The fourth-order valence-electron chi connectivity index (χ4n) is 1.47. The summed E-state index contributed by atoms with van der Waals surface area (Å²) in [6, 6.07) is 3.51. The number of hydrogen-bond acceptors (Lipinski definition) is 2. The van der Waals surface area contributed by atoms with Gasteiger partial charge in [-0.15, -0.1) is 0 Å². The van der Waals surface area contributed by atoms with E-state index < -0.39 is 5.82 Å². The van der Waals surface area contributed by atoms with E-state index in [2.05, 4.69) is 24.5 Å². The lowest BCUT2D eigenvalue weighted by Crippen LogP contribution is -2.29. The van der Waals surface area contributed by atoms with Crippen LogP contribution in [0.15, 0.2) is 18.2 Å². The molecule has 0 saturated carbocycles. The predicted molar refractivity (Wildman–Crippen MR) is 65.8 cm³/mol. The zero-order valence-electron chi connectivity index (χ0n) is 10.4. The summed E-state index contributed by atoms with van der Waals surface area (Å²) < 4.78 is 26.1. The number of hydrogen-bond donors (Lipinski definition) is 2. The number of rotatable bonds is 7. The van der Waals surface area contributed by atoms with Crippen molar-refractivity contribution >= 4 is 0 Å². The van der Waals surface area contributed by atoms with E-state index in [0.29, 0.717) is 18.0 Å². The molecule has 0 unspecified atom stereocenters. The highest BCUT2D eigenvalue weighted by Crippen LogP contribution is 2.08. The Morgan fingerprint density at radius 3 is 2.53 bits per heavy atom. The minimum atomic E-state index is -0.402. The largest absolute Gasteiger partial charge is 0.315 e. The lowest BCUT2D eigenvalue weighted by atomic mass is 10.2. The van der Waals surface area contributed by atoms with Crippen LogP contribution in [0.3, 0.4) is 0 Å². The van der Waals surface area contributed by atoms with Gasteiger partial charge in [0.1, 0.15) is 11.6 Å². The van der Waals surface area contributed by atoms with Crippen LogP contribution in [0.5, 0.6) is 0 Å². The van der Waals surface area contributed by atoms with Crippen molar-refractivity contribution in [1.82, 2.24) is 10.6 Å². The molecule has 0 aliphatic heterocycles. The minimum Gasteiger partial charge on any atom is -0.315 e. The predicted octanol–water partition coefficient (Wildman–Crippen LogP) is 2.30. The first-order chi connectivity index (χ1) is 8.09. The first kappa shape index (κ1) is 14.1. The highest BCUT2D eigenvalue weighted by atomic mass is 19.1. The van der Waals surface area contributed by atoms with Crippen molar-refractivity contribution in [3.63, 3.8) is 0 Å². The number of benzene rings is 1. The van der Waals surface area contributed by atoms with Crippen LogP contribution >= 0.6 is 0 Å². The molecule has 17 heavy (non-hydrogen) atoms. The summed E-state index contributed by atoms with van der Waals surface area (Å²) in [4.78, 5) is 0. The van der Waals surface area contributed by atoms with Gasteiger partial charge >= 0.3 is 0 Å². The average molecular weight is 242 g/mol. The molecule has 2 N–H and O–H groups in total. The molecule has 4 heteroatoms. The summed E-state index contributed by atoms with van der Waals surface area (Å²) in [7, 11) is 0. The minimum absolute atomic E-state index is 0.354. The highest BCUT2D eigenvalue weighted by Gasteiger charge is 2.02. The van der Waals surface area contributed by atoms with E-state index in [1.807, 2.05) is 0 Å². The normalized spacial score (nSPS) is 11.1. The third-order valence-corrected chi connectivity index (χ3v) is 2.35. The fraction of sp³-hybridized carbons (Fsp3) is 0.538. The maximum atomic E-state index is 13.2. The van der Waals surface area contributed by atoms with E-state index in [9.17, 15) is 8.78 Å². The molecule has 0 fully saturated rings. The van der Waals surface area contributed by atoms with Gasteiger partial charge in [0, 0.05) is 25.2 Å². The van der Waals surface area contributed by atoms with Gasteiger partial charge in [-0.05, 0) is 30.7 Å². The monoisotopic (exact) mass is 242 g/mol. The number of nitrogens with one attached hydrogen (secondary N) is 2. The van der Waals surface area contributed by atoms with Crippen LogP contribution in [0.1, 0.15) is 19.4 Å². The van der Waals surface area contributed by atoms with Crippen molar-refractivity contribution in [2.45, 2.75) is 20.4 Å². The summed E-state index contributed by atoms with van der Waals surface area (Å²) in [6.45, 7) is 7.17. The van der Waals surface area contributed by atoms with Crippen LogP contribution in [0.25, 0.3) is 0 Å². The van der Waals surface area contributed by atoms with Crippen molar-refractivity contribution in [3.05, 3.63) is 35.4 Å². The molecule has 0 bridgehead atoms. The molecule has 0 saturated heterocycles. The van der Waals surface area contributed by atoms with E-state index in [0.717, 1.165) is 31.8 Å². The topological polar surface area (TPSA) is 24.1 Å². The van der Waals surface area contributed by atoms with Gasteiger partial charge in [-0.25, -0.2) is 8.78 Å². The first-order valence-corrected chi connectivity index (χ1v) is 5.95. The third kappa shape index (κ3) is 5.75. The Morgan fingerprint density at radius 1 is 1.12 bits per heavy atom. The van der Waals surface area contributed by atoms with Crippen LogP contribution in [-0.2, 0) is 6.54 Å². The zero-order valence-corrected chi connectivity index (χ0v) is 10.4. The molecule has 1 aromatic rings. The molecule has 0 heterocycles. The van der Waals surface area contributed by atoms with Gasteiger partial charge in [-0.3, -0.25) is 0 Å². The van der Waals surface area contributed by atoms with Gasteiger partial charge in [0.25, 0.3) is 0 Å². The van der Waals surface area contributed by atoms with E-state index >= 15 is 0 Å². The molecule has 0 spiro atoms. The van der Waals surface area contributed by atoms with E-state index in [1.54, 1.807) is 0 Å². The van der Waals surface area contributed by atoms with Gasteiger partial charge in [0.05, 0.1) is 0 Å². The second-order valence-corrected chi connectivity index (χ2v) is 4.51. The molecule has 0 aliphatic carbocycles. The Kier molecular flexibility index (Phi) is 6.08. The summed E-state index contributed by atoms with van der Waals surface area (Å²) >= 11 is 0. The Bertz CT molecular complexity index is 340. The van der Waals surface area contributed by atoms with Crippen molar-refractivity contribution in [2.24, 2.45) is 5.92 Å². The number of halogens is 2. The molecule has 0 aromatic heterocycles. The van der Waals surface area contributed by atoms with Crippen molar-refractivity contribution in [2.75, 3.05) is 19.6 Å². The summed E-state index contributed by atoms with van der Waals surface area (Å²) in [5.74, 6) is -0.147. The Labute approximate surface area is 101 Å². The lowest BCUT2D eigenvalue weighted by molar-refractivity contribution is 0.527. The third-order valence-electron chi connectivity index (χ3n) is 2.35. The molecular weight excluding hydrogens is 222 g/mol. The van der Waals surface area contributed by atoms with Crippen LogP contribution < -0.4 is 10.6 Å². The lowest BCUT2D eigenvalue weighted by Gasteiger charge is -2.09. The molecule has 0 aliphatic rings. The Balaban J connectivity index is 2.20.